The van der Waals surface area contributed by atoms with E-state index in [1.807, 2.05) is 30.3 Å². The highest BCUT2D eigenvalue weighted by molar-refractivity contribution is 6.04. The molecule has 0 radical (unpaired) electrons. The van der Waals surface area contributed by atoms with Crippen LogP contribution >= 0.6 is 0 Å². The Labute approximate surface area is 81.3 Å². The fraction of sp³-hybridized carbons (Fsp3) is 0.200. The lowest BCUT2D eigenvalue weighted by Crippen LogP contribution is -2.29. The van der Waals surface area contributed by atoms with Crippen LogP contribution in [0.4, 0.5) is 0 Å². The Morgan fingerprint density at radius 1 is 1.43 bits per heavy atom. The van der Waals surface area contributed by atoms with Gasteiger partial charge in [0.2, 0.25) is 0 Å². The third-order valence-corrected chi connectivity index (χ3v) is 2.16. The van der Waals surface area contributed by atoms with Crippen LogP contribution in [0.5, 0.6) is 0 Å². The summed E-state index contributed by atoms with van der Waals surface area (Å²) in [6, 6.07) is 9.00. The van der Waals surface area contributed by atoms with E-state index in [1.54, 1.807) is 0 Å². The molecule has 0 spiro atoms. The van der Waals surface area contributed by atoms with E-state index in [2.05, 4.69) is 10.5 Å². The van der Waals surface area contributed by atoms with Crippen molar-refractivity contribution in [3.63, 3.8) is 0 Å². The number of aliphatic carboxylic acids is 1. The molecule has 14 heavy (non-hydrogen) atoms. The lowest BCUT2D eigenvalue weighted by Gasteiger charge is -2.01. The Kier molecular flexibility index (Phi) is 2.18. The first kappa shape index (κ1) is 8.74. The average Bonchev–Trinajstić information content (AvgIpc) is 2.68. The molecule has 0 unspecified atom stereocenters. The molecule has 1 atom stereocenters. The number of hydrogen-bond acceptors (Lipinski definition) is 3. The number of hydrazone groups is 1. The second kappa shape index (κ2) is 3.49. The molecule has 1 aromatic rings. The Balaban J connectivity index is 2.13. The minimum Gasteiger partial charge on any atom is -0.480 e. The molecule has 2 rings (SSSR count). The fourth-order valence-corrected chi connectivity index (χ4v) is 1.40. The molecule has 1 aromatic carbocycles. The van der Waals surface area contributed by atoms with E-state index < -0.39 is 12.0 Å². The van der Waals surface area contributed by atoms with E-state index in [0.717, 1.165) is 11.3 Å². The average molecular weight is 190 g/mol. The second-order valence-electron chi connectivity index (χ2n) is 3.15. The number of hydrogen-bond donors (Lipinski definition) is 2. The minimum absolute atomic E-state index is 0.444. The normalized spacial score (nSPS) is 20.0. The van der Waals surface area contributed by atoms with Gasteiger partial charge in [0.1, 0.15) is 6.04 Å². The summed E-state index contributed by atoms with van der Waals surface area (Å²) < 4.78 is 0. The van der Waals surface area contributed by atoms with Gasteiger partial charge < -0.3 is 5.11 Å². The van der Waals surface area contributed by atoms with Crippen LogP contribution in [-0.2, 0) is 4.79 Å². The molecule has 4 heteroatoms. The molecule has 0 fully saturated rings. The van der Waals surface area contributed by atoms with Crippen LogP contribution < -0.4 is 5.43 Å². The molecular formula is C10H10N2O2. The maximum absolute atomic E-state index is 10.6. The third kappa shape index (κ3) is 1.59. The lowest BCUT2D eigenvalue weighted by atomic mass is 10.0. The number of rotatable bonds is 2. The summed E-state index contributed by atoms with van der Waals surface area (Å²) in [6.45, 7) is 0. The lowest BCUT2D eigenvalue weighted by molar-refractivity contribution is -0.139. The van der Waals surface area contributed by atoms with Gasteiger partial charge in [-0.2, -0.15) is 5.10 Å². The van der Waals surface area contributed by atoms with Crippen LogP contribution in [0, 0.1) is 0 Å². The zero-order valence-electron chi connectivity index (χ0n) is 7.47. The van der Waals surface area contributed by atoms with Gasteiger partial charge in [-0.1, -0.05) is 30.3 Å². The number of nitrogens with one attached hydrogen (secondary N) is 1. The van der Waals surface area contributed by atoms with Gasteiger partial charge in [-0.15, -0.1) is 0 Å². The Bertz CT molecular complexity index is 373. The molecule has 0 bridgehead atoms. The van der Waals surface area contributed by atoms with E-state index in [4.69, 9.17) is 5.11 Å². The predicted octanol–water partition coefficient (Wildman–Crippen LogP) is 0.837. The molecule has 0 saturated heterocycles. The summed E-state index contributed by atoms with van der Waals surface area (Å²) in [4.78, 5) is 10.6. The standard InChI is InChI=1S/C10H10N2O2/c13-10(14)9-6-8(11-12-9)7-4-2-1-3-5-7/h1-5,9,12H,6H2,(H,13,14)/t9-/m0/s1. The van der Waals surface area contributed by atoms with Gasteiger partial charge in [0.25, 0.3) is 0 Å². The molecule has 1 aliphatic heterocycles. The Morgan fingerprint density at radius 2 is 2.14 bits per heavy atom. The quantitative estimate of drug-likeness (QED) is 0.726. The molecule has 1 heterocycles. The smallest absolute Gasteiger partial charge is 0.328 e. The number of carboxylic acid groups (broad SMARTS) is 1. The number of benzene rings is 1. The van der Waals surface area contributed by atoms with E-state index in [-0.39, 0.29) is 0 Å². The van der Waals surface area contributed by atoms with Crippen molar-refractivity contribution < 1.29 is 9.90 Å². The van der Waals surface area contributed by atoms with E-state index in [0.29, 0.717) is 6.42 Å². The third-order valence-electron chi connectivity index (χ3n) is 2.16. The maximum atomic E-state index is 10.6. The summed E-state index contributed by atoms with van der Waals surface area (Å²) in [7, 11) is 0. The van der Waals surface area contributed by atoms with Crippen molar-refractivity contribution in [1.82, 2.24) is 5.43 Å². The zero-order chi connectivity index (χ0) is 9.97. The predicted molar refractivity (Wildman–Crippen MR) is 52.2 cm³/mol. The number of carbonyl (C=O) groups is 1. The SMILES string of the molecule is O=C(O)[C@@H]1CC(c2ccccc2)=NN1. The monoisotopic (exact) mass is 190 g/mol. The summed E-state index contributed by atoms with van der Waals surface area (Å²) in [5.74, 6) is -0.861. The zero-order valence-corrected chi connectivity index (χ0v) is 7.47. The van der Waals surface area contributed by atoms with Crippen LogP contribution in [0.15, 0.2) is 35.4 Å². The summed E-state index contributed by atoms with van der Waals surface area (Å²) >= 11 is 0. The molecular weight excluding hydrogens is 180 g/mol. The molecule has 0 aromatic heterocycles. The molecule has 0 saturated carbocycles. The van der Waals surface area contributed by atoms with Crippen LogP contribution in [0.3, 0.4) is 0 Å². The maximum Gasteiger partial charge on any atom is 0.328 e. The van der Waals surface area contributed by atoms with Gasteiger partial charge in [-0.25, -0.2) is 4.79 Å². The van der Waals surface area contributed by atoms with Crippen LogP contribution in [-0.4, -0.2) is 22.8 Å². The molecule has 0 aliphatic carbocycles. The Hall–Kier alpha value is -1.84. The minimum atomic E-state index is -0.861. The molecule has 2 N–H and O–H groups in total. The fourth-order valence-electron chi connectivity index (χ4n) is 1.40. The van der Waals surface area contributed by atoms with Gasteiger partial charge in [0, 0.05) is 6.42 Å². The summed E-state index contributed by atoms with van der Waals surface area (Å²) in [5.41, 5.74) is 4.37. The topological polar surface area (TPSA) is 61.7 Å². The van der Waals surface area contributed by atoms with Crippen molar-refractivity contribution in [3.8, 4) is 0 Å². The number of nitrogens with zero attached hydrogens (tertiary/aromatic N) is 1. The Morgan fingerprint density at radius 3 is 2.71 bits per heavy atom. The van der Waals surface area contributed by atoms with Gasteiger partial charge in [-0.3, -0.25) is 5.43 Å². The first-order chi connectivity index (χ1) is 6.77. The van der Waals surface area contributed by atoms with E-state index in [1.165, 1.54) is 0 Å². The highest BCUT2D eigenvalue weighted by Crippen LogP contribution is 2.11. The largest absolute Gasteiger partial charge is 0.480 e. The second-order valence-corrected chi connectivity index (χ2v) is 3.15. The highest BCUT2D eigenvalue weighted by atomic mass is 16.4. The van der Waals surface area contributed by atoms with Crippen LogP contribution in [0.25, 0.3) is 0 Å². The molecule has 1 aliphatic rings. The van der Waals surface area contributed by atoms with Crippen molar-refractivity contribution in [2.45, 2.75) is 12.5 Å². The van der Waals surface area contributed by atoms with E-state index >= 15 is 0 Å². The van der Waals surface area contributed by atoms with Gasteiger partial charge in [0.15, 0.2) is 0 Å². The van der Waals surface area contributed by atoms with Crippen LogP contribution in [0.2, 0.25) is 0 Å². The van der Waals surface area contributed by atoms with Crippen molar-refractivity contribution in [2.75, 3.05) is 0 Å². The van der Waals surface area contributed by atoms with Crippen molar-refractivity contribution in [3.05, 3.63) is 35.9 Å². The van der Waals surface area contributed by atoms with Gasteiger partial charge >= 0.3 is 5.97 Å². The highest BCUT2D eigenvalue weighted by Gasteiger charge is 2.24. The van der Waals surface area contributed by atoms with Crippen LogP contribution in [0.1, 0.15) is 12.0 Å². The summed E-state index contributed by atoms with van der Waals surface area (Å²) in [5, 5.41) is 12.7. The van der Waals surface area contributed by atoms with Gasteiger partial charge in [0.05, 0.1) is 5.71 Å². The number of carboxylic acids is 1. The van der Waals surface area contributed by atoms with Crippen molar-refractivity contribution in [2.24, 2.45) is 5.10 Å². The van der Waals surface area contributed by atoms with Crippen molar-refractivity contribution >= 4 is 11.7 Å². The van der Waals surface area contributed by atoms with E-state index in [9.17, 15) is 4.79 Å². The molecule has 72 valence electrons. The van der Waals surface area contributed by atoms with Gasteiger partial charge in [-0.05, 0) is 5.56 Å². The summed E-state index contributed by atoms with van der Waals surface area (Å²) in [6.07, 6.45) is 0.444. The molecule has 4 nitrogen and oxygen atoms in total. The molecule has 0 amide bonds. The first-order valence-electron chi connectivity index (χ1n) is 4.37. The van der Waals surface area contributed by atoms with Crippen molar-refractivity contribution in [1.29, 1.82) is 0 Å². The first-order valence-corrected chi connectivity index (χ1v) is 4.37.